The van der Waals surface area contributed by atoms with Gasteiger partial charge in [-0.15, -0.1) is 0 Å². The Morgan fingerprint density at radius 3 is 2.58 bits per heavy atom. The average molecular weight is 506 g/mol. The van der Waals surface area contributed by atoms with Gasteiger partial charge in [0.15, 0.2) is 0 Å². The van der Waals surface area contributed by atoms with Crippen LogP contribution < -0.4 is 16.1 Å². The van der Waals surface area contributed by atoms with Crippen molar-refractivity contribution >= 4 is 61.8 Å². The molecule has 0 saturated carbocycles. The number of nitrogens with zero attached hydrogens (tertiary/aromatic N) is 1. The van der Waals surface area contributed by atoms with Crippen LogP contribution in [0, 0.1) is 6.92 Å². The Balaban J connectivity index is 1.97. The average Bonchev–Trinajstić information content (AvgIpc) is 3.08. The normalized spacial score (nSPS) is 11.8. The summed E-state index contributed by atoms with van der Waals surface area (Å²) in [6.45, 7) is 5.51. The van der Waals surface area contributed by atoms with Gasteiger partial charge in [-0.1, -0.05) is 40.5 Å². The summed E-state index contributed by atoms with van der Waals surface area (Å²) in [4.78, 5) is 37.8. The summed E-state index contributed by atoms with van der Waals surface area (Å²) in [5.74, 6) is -2.10. The highest BCUT2D eigenvalue weighted by atomic mass is 79.9. The van der Waals surface area contributed by atoms with Crippen LogP contribution in [0.3, 0.4) is 0 Å². The Morgan fingerprint density at radius 1 is 1.13 bits per heavy atom. The van der Waals surface area contributed by atoms with E-state index >= 15 is 0 Å². The Hall–Kier alpha value is -2.84. The predicted molar refractivity (Wildman–Crippen MR) is 126 cm³/mol. The van der Waals surface area contributed by atoms with Crippen LogP contribution in [-0.2, 0) is 9.59 Å². The molecule has 0 aliphatic heterocycles. The van der Waals surface area contributed by atoms with Crippen LogP contribution in [0.25, 0.3) is 10.9 Å². The number of hydrogen-bond acceptors (Lipinski definition) is 3. The molecule has 0 fully saturated rings. The summed E-state index contributed by atoms with van der Waals surface area (Å²) < 4.78 is 2.13. The monoisotopic (exact) mass is 504 g/mol. The van der Waals surface area contributed by atoms with Crippen LogP contribution in [0.15, 0.2) is 46.9 Å². The number of carbonyl (C=O) groups excluding carboxylic acids is 3. The van der Waals surface area contributed by atoms with Crippen molar-refractivity contribution in [2.24, 2.45) is 0 Å². The maximum atomic E-state index is 13.1. The van der Waals surface area contributed by atoms with E-state index in [1.165, 1.54) is 4.68 Å². The first kappa shape index (κ1) is 22.8. The van der Waals surface area contributed by atoms with Crippen molar-refractivity contribution in [3.05, 3.63) is 63.2 Å². The Bertz CT molecular complexity index is 1180. The van der Waals surface area contributed by atoms with Gasteiger partial charge in [0, 0.05) is 26.6 Å². The maximum Gasteiger partial charge on any atom is 0.328 e. The van der Waals surface area contributed by atoms with E-state index in [2.05, 4.69) is 32.0 Å². The van der Waals surface area contributed by atoms with Crippen molar-refractivity contribution in [1.29, 1.82) is 0 Å². The Morgan fingerprint density at radius 2 is 1.87 bits per heavy atom. The third-order valence-electron chi connectivity index (χ3n) is 4.92. The molecule has 0 aliphatic carbocycles. The van der Waals surface area contributed by atoms with Crippen LogP contribution in [0.1, 0.15) is 36.3 Å². The molecular weight excluding hydrogens is 484 g/mol. The third-order valence-corrected chi connectivity index (χ3v) is 5.82. The van der Waals surface area contributed by atoms with Gasteiger partial charge in [0.2, 0.25) is 0 Å². The Labute approximate surface area is 193 Å². The lowest BCUT2D eigenvalue weighted by atomic mass is 10.2. The zero-order valence-electron chi connectivity index (χ0n) is 17.3. The molecule has 1 heterocycles. The van der Waals surface area contributed by atoms with Crippen molar-refractivity contribution < 1.29 is 14.4 Å². The van der Waals surface area contributed by atoms with E-state index in [-0.39, 0.29) is 11.7 Å². The smallest absolute Gasteiger partial charge is 0.328 e. The molecule has 31 heavy (non-hydrogen) atoms. The van der Waals surface area contributed by atoms with Crippen LogP contribution in [0.4, 0.5) is 5.69 Å². The van der Waals surface area contributed by atoms with E-state index in [4.69, 9.17) is 11.6 Å². The first-order chi connectivity index (χ1) is 14.7. The summed E-state index contributed by atoms with van der Waals surface area (Å²) in [6, 6.07) is 12.0. The second kappa shape index (κ2) is 9.53. The van der Waals surface area contributed by atoms with Crippen LogP contribution >= 0.6 is 27.5 Å². The highest BCUT2D eigenvalue weighted by molar-refractivity contribution is 9.10. The molecule has 3 rings (SSSR count). The largest absolute Gasteiger partial charge is 0.345 e. The minimum Gasteiger partial charge on any atom is -0.345 e. The van der Waals surface area contributed by atoms with Gasteiger partial charge >= 0.3 is 11.8 Å². The molecule has 0 bridgehead atoms. The lowest BCUT2D eigenvalue weighted by Gasteiger charge is -2.15. The molecule has 1 atom stereocenters. The summed E-state index contributed by atoms with van der Waals surface area (Å²) >= 11 is 9.56. The number of benzene rings is 2. The van der Waals surface area contributed by atoms with Gasteiger partial charge in [0.05, 0.1) is 5.52 Å². The second-order valence-electron chi connectivity index (χ2n) is 7.16. The molecular formula is C22H22BrClN4O3. The van der Waals surface area contributed by atoms with Gasteiger partial charge in [0.25, 0.3) is 5.91 Å². The number of fused-ring (bicyclic) bond motifs is 1. The molecule has 0 spiro atoms. The lowest BCUT2D eigenvalue weighted by Crippen LogP contribution is -2.43. The van der Waals surface area contributed by atoms with Crippen molar-refractivity contribution in [1.82, 2.24) is 9.99 Å². The number of rotatable bonds is 5. The zero-order chi connectivity index (χ0) is 22.7. The van der Waals surface area contributed by atoms with E-state index in [1.807, 2.05) is 13.0 Å². The van der Waals surface area contributed by atoms with Crippen molar-refractivity contribution in [3.8, 4) is 0 Å². The quantitative estimate of drug-likeness (QED) is 0.442. The molecule has 3 N–H and O–H groups in total. The molecule has 9 heteroatoms. The number of halogens is 2. The number of carbonyl (C=O) groups is 3. The molecule has 7 nitrogen and oxygen atoms in total. The molecule has 162 valence electrons. The predicted octanol–water partition coefficient (Wildman–Crippen LogP) is 4.60. The molecule has 0 radical (unpaired) electrons. The number of nitrogens with one attached hydrogen (secondary N) is 3. The summed E-state index contributed by atoms with van der Waals surface area (Å²) in [7, 11) is 0. The van der Waals surface area contributed by atoms with Gasteiger partial charge in [-0.2, -0.15) is 0 Å². The van der Waals surface area contributed by atoms with E-state index < -0.39 is 17.7 Å². The molecule has 0 saturated heterocycles. The molecule has 3 amide bonds. The van der Waals surface area contributed by atoms with E-state index in [1.54, 1.807) is 50.2 Å². The van der Waals surface area contributed by atoms with Gasteiger partial charge in [0.1, 0.15) is 5.69 Å². The number of amides is 3. The van der Waals surface area contributed by atoms with Crippen LogP contribution in [0.5, 0.6) is 0 Å². The standard InChI is InChI=1S/C22H22BrClN4O3/c1-4-12(2)25-21(30)22(31)27-28-18-9-8-15(23)10-14(18)11-19(28)20(29)26-17-7-5-6-16(24)13(17)3/h5-12H,4H2,1-3H3,(H,25,30)(H,26,29)(H,27,31)/t12-/m0/s1. The number of aromatic nitrogens is 1. The van der Waals surface area contributed by atoms with E-state index in [0.29, 0.717) is 28.0 Å². The van der Waals surface area contributed by atoms with Crippen molar-refractivity contribution in [3.63, 3.8) is 0 Å². The van der Waals surface area contributed by atoms with Crippen molar-refractivity contribution in [2.75, 3.05) is 10.7 Å². The highest BCUT2D eigenvalue weighted by Gasteiger charge is 2.22. The van der Waals surface area contributed by atoms with Gasteiger partial charge in [-0.3, -0.25) is 19.8 Å². The summed E-state index contributed by atoms with van der Waals surface area (Å²) in [6.07, 6.45) is 0.687. The van der Waals surface area contributed by atoms with Gasteiger partial charge < -0.3 is 10.6 Å². The maximum absolute atomic E-state index is 13.1. The lowest BCUT2D eigenvalue weighted by molar-refractivity contribution is -0.137. The first-order valence-electron chi connectivity index (χ1n) is 9.70. The summed E-state index contributed by atoms with van der Waals surface area (Å²) in [5.41, 5.74) is 4.55. The molecule has 0 aliphatic rings. The van der Waals surface area contributed by atoms with Crippen molar-refractivity contribution in [2.45, 2.75) is 33.2 Å². The zero-order valence-corrected chi connectivity index (χ0v) is 19.6. The highest BCUT2D eigenvalue weighted by Crippen LogP contribution is 2.26. The molecule has 2 aromatic carbocycles. The fourth-order valence-corrected chi connectivity index (χ4v) is 3.50. The van der Waals surface area contributed by atoms with Gasteiger partial charge in [-0.25, -0.2) is 4.68 Å². The summed E-state index contributed by atoms with van der Waals surface area (Å²) in [5, 5.41) is 6.67. The second-order valence-corrected chi connectivity index (χ2v) is 8.48. The fourth-order valence-electron chi connectivity index (χ4n) is 2.95. The van der Waals surface area contributed by atoms with E-state index in [0.717, 1.165) is 10.0 Å². The Kier molecular flexibility index (Phi) is 7.02. The molecule has 3 aromatic rings. The number of anilines is 1. The van der Waals surface area contributed by atoms with E-state index in [9.17, 15) is 14.4 Å². The minimum atomic E-state index is -0.867. The SMILES string of the molecule is CC[C@H](C)NC(=O)C(=O)Nn1c(C(=O)Nc2cccc(Cl)c2C)cc2cc(Br)ccc21. The first-order valence-corrected chi connectivity index (χ1v) is 10.9. The molecule has 0 unspecified atom stereocenters. The fraction of sp³-hybridized carbons (Fsp3) is 0.227. The van der Waals surface area contributed by atoms with Gasteiger partial charge in [-0.05, 0) is 62.2 Å². The van der Waals surface area contributed by atoms with Crippen LogP contribution in [-0.4, -0.2) is 28.4 Å². The van der Waals surface area contributed by atoms with Crippen LogP contribution in [0.2, 0.25) is 5.02 Å². The number of hydrogen-bond donors (Lipinski definition) is 3. The third kappa shape index (κ3) is 5.08. The topological polar surface area (TPSA) is 92.2 Å². The molecule has 1 aromatic heterocycles. The minimum absolute atomic E-state index is 0.149.